The SMILES string of the molecule is CC(C)(C)OC(=O)NCCCCCCOc1ccccc1N. The van der Waals surface area contributed by atoms with E-state index in [0.29, 0.717) is 18.8 Å². The summed E-state index contributed by atoms with van der Waals surface area (Å²) in [6.07, 6.45) is 3.66. The van der Waals surface area contributed by atoms with Crippen LogP contribution in [-0.2, 0) is 4.74 Å². The van der Waals surface area contributed by atoms with Crippen molar-refractivity contribution >= 4 is 11.8 Å². The Morgan fingerprint density at radius 3 is 2.50 bits per heavy atom. The molecular weight excluding hydrogens is 280 g/mol. The van der Waals surface area contributed by atoms with Crippen LogP contribution in [0, 0.1) is 0 Å². The Balaban J connectivity index is 1.98. The Morgan fingerprint density at radius 2 is 1.82 bits per heavy atom. The van der Waals surface area contributed by atoms with Gasteiger partial charge in [0.1, 0.15) is 11.4 Å². The molecule has 0 aliphatic heterocycles. The first-order valence-electron chi connectivity index (χ1n) is 7.82. The van der Waals surface area contributed by atoms with E-state index in [0.717, 1.165) is 31.4 Å². The van der Waals surface area contributed by atoms with Crippen LogP contribution in [0.5, 0.6) is 5.75 Å². The number of unbranched alkanes of at least 4 members (excludes halogenated alkanes) is 3. The Hall–Kier alpha value is -1.91. The topological polar surface area (TPSA) is 73.6 Å². The van der Waals surface area contributed by atoms with Crippen molar-refractivity contribution in [2.24, 2.45) is 0 Å². The molecule has 1 aromatic carbocycles. The third-order valence-electron chi connectivity index (χ3n) is 2.92. The summed E-state index contributed by atoms with van der Waals surface area (Å²) in [5, 5.41) is 2.75. The van der Waals surface area contributed by atoms with Crippen LogP contribution in [0.15, 0.2) is 24.3 Å². The highest BCUT2D eigenvalue weighted by Crippen LogP contribution is 2.19. The summed E-state index contributed by atoms with van der Waals surface area (Å²) in [5.41, 5.74) is 6.02. The maximum atomic E-state index is 11.4. The number of ether oxygens (including phenoxy) is 2. The molecule has 1 rings (SSSR count). The van der Waals surface area contributed by atoms with Crippen molar-refractivity contribution in [3.8, 4) is 5.75 Å². The highest BCUT2D eigenvalue weighted by molar-refractivity contribution is 5.67. The fourth-order valence-electron chi connectivity index (χ4n) is 1.88. The van der Waals surface area contributed by atoms with Crippen LogP contribution >= 0.6 is 0 Å². The van der Waals surface area contributed by atoms with E-state index < -0.39 is 5.60 Å². The lowest BCUT2D eigenvalue weighted by molar-refractivity contribution is 0.0527. The van der Waals surface area contributed by atoms with Crippen LogP contribution in [-0.4, -0.2) is 24.8 Å². The average Bonchev–Trinajstić information content (AvgIpc) is 2.41. The Labute approximate surface area is 133 Å². The fourth-order valence-corrected chi connectivity index (χ4v) is 1.88. The van der Waals surface area contributed by atoms with Crippen LogP contribution in [0.3, 0.4) is 0 Å². The molecule has 1 amide bonds. The Morgan fingerprint density at radius 1 is 1.14 bits per heavy atom. The van der Waals surface area contributed by atoms with Gasteiger partial charge in [-0.2, -0.15) is 0 Å². The molecule has 0 saturated carbocycles. The minimum Gasteiger partial charge on any atom is -0.491 e. The number of anilines is 1. The molecule has 0 unspecified atom stereocenters. The Bertz CT molecular complexity index is 455. The van der Waals surface area contributed by atoms with Gasteiger partial charge in [-0.25, -0.2) is 4.79 Å². The van der Waals surface area contributed by atoms with Gasteiger partial charge in [-0.05, 0) is 45.7 Å². The number of nitrogens with two attached hydrogens (primary N) is 1. The minimum atomic E-state index is -0.444. The van der Waals surface area contributed by atoms with Gasteiger partial charge in [0.25, 0.3) is 0 Å². The first kappa shape index (κ1) is 18.1. The van der Waals surface area contributed by atoms with E-state index in [-0.39, 0.29) is 6.09 Å². The third-order valence-corrected chi connectivity index (χ3v) is 2.92. The zero-order chi connectivity index (χ0) is 16.4. The zero-order valence-corrected chi connectivity index (χ0v) is 13.9. The number of carbonyl (C=O) groups is 1. The molecule has 0 saturated heterocycles. The minimum absolute atomic E-state index is 0.351. The van der Waals surface area contributed by atoms with Gasteiger partial charge in [0.2, 0.25) is 0 Å². The second-order valence-electron chi connectivity index (χ2n) is 6.23. The zero-order valence-electron chi connectivity index (χ0n) is 13.9. The molecule has 124 valence electrons. The van der Waals surface area contributed by atoms with E-state index in [4.69, 9.17) is 15.2 Å². The van der Waals surface area contributed by atoms with Crippen LogP contribution in [0.25, 0.3) is 0 Å². The second kappa shape index (κ2) is 9.18. The standard InChI is InChI=1S/C17H28N2O3/c1-17(2,3)22-16(20)19-12-8-4-5-9-13-21-15-11-7-6-10-14(15)18/h6-7,10-11H,4-5,8-9,12-13,18H2,1-3H3,(H,19,20). The average molecular weight is 308 g/mol. The van der Waals surface area contributed by atoms with Gasteiger partial charge in [0.15, 0.2) is 0 Å². The van der Waals surface area contributed by atoms with E-state index in [1.165, 1.54) is 0 Å². The van der Waals surface area contributed by atoms with Crippen molar-refractivity contribution in [1.82, 2.24) is 5.32 Å². The highest BCUT2D eigenvalue weighted by Gasteiger charge is 2.15. The first-order chi connectivity index (χ1) is 10.4. The van der Waals surface area contributed by atoms with Gasteiger partial charge < -0.3 is 20.5 Å². The molecule has 0 radical (unpaired) electrons. The lowest BCUT2D eigenvalue weighted by atomic mass is 10.2. The molecular formula is C17H28N2O3. The number of alkyl carbamates (subject to hydrolysis) is 1. The van der Waals surface area contributed by atoms with E-state index in [2.05, 4.69) is 5.32 Å². The van der Waals surface area contributed by atoms with Gasteiger partial charge in [-0.1, -0.05) is 25.0 Å². The summed E-state index contributed by atoms with van der Waals surface area (Å²) >= 11 is 0. The highest BCUT2D eigenvalue weighted by atomic mass is 16.6. The molecule has 0 atom stereocenters. The molecule has 0 aliphatic carbocycles. The molecule has 0 bridgehead atoms. The summed E-state index contributed by atoms with van der Waals surface area (Å²) in [6, 6.07) is 7.51. The van der Waals surface area contributed by atoms with Crippen LogP contribution < -0.4 is 15.8 Å². The molecule has 0 heterocycles. The van der Waals surface area contributed by atoms with E-state index in [9.17, 15) is 4.79 Å². The monoisotopic (exact) mass is 308 g/mol. The molecule has 0 fully saturated rings. The Kier molecular flexibility index (Phi) is 7.57. The lowest BCUT2D eigenvalue weighted by Crippen LogP contribution is -2.32. The van der Waals surface area contributed by atoms with E-state index >= 15 is 0 Å². The van der Waals surface area contributed by atoms with Crippen molar-refractivity contribution in [3.63, 3.8) is 0 Å². The summed E-state index contributed by atoms with van der Waals surface area (Å²) in [6.45, 7) is 6.86. The smallest absolute Gasteiger partial charge is 0.407 e. The summed E-state index contributed by atoms with van der Waals surface area (Å²) < 4.78 is 10.8. The first-order valence-corrected chi connectivity index (χ1v) is 7.82. The van der Waals surface area contributed by atoms with Gasteiger partial charge in [-0.3, -0.25) is 0 Å². The number of carbonyl (C=O) groups excluding carboxylic acids is 1. The summed E-state index contributed by atoms with van der Waals surface area (Å²) in [4.78, 5) is 11.4. The summed E-state index contributed by atoms with van der Waals surface area (Å²) in [7, 11) is 0. The lowest BCUT2D eigenvalue weighted by Gasteiger charge is -2.19. The van der Waals surface area contributed by atoms with Gasteiger partial charge >= 0.3 is 6.09 Å². The van der Waals surface area contributed by atoms with Crippen LogP contribution in [0.2, 0.25) is 0 Å². The number of nitrogens with one attached hydrogen (secondary N) is 1. The molecule has 5 heteroatoms. The number of nitrogen functional groups attached to an aromatic ring is 1. The molecule has 0 aromatic heterocycles. The van der Waals surface area contributed by atoms with Crippen molar-refractivity contribution in [3.05, 3.63) is 24.3 Å². The van der Waals surface area contributed by atoms with Crippen molar-refractivity contribution in [2.45, 2.75) is 52.1 Å². The molecule has 3 N–H and O–H groups in total. The van der Waals surface area contributed by atoms with E-state index in [1.54, 1.807) is 0 Å². The van der Waals surface area contributed by atoms with Crippen LogP contribution in [0.4, 0.5) is 10.5 Å². The van der Waals surface area contributed by atoms with Crippen molar-refractivity contribution < 1.29 is 14.3 Å². The number of amides is 1. The third kappa shape index (κ3) is 8.39. The predicted octanol–water partition coefficient (Wildman–Crippen LogP) is 3.73. The van der Waals surface area contributed by atoms with Crippen molar-refractivity contribution in [2.75, 3.05) is 18.9 Å². The number of hydrogen-bond acceptors (Lipinski definition) is 4. The maximum Gasteiger partial charge on any atom is 0.407 e. The van der Waals surface area contributed by atoms with Gasteiger partial charge in [0, 0.05) is 6.54 Å². The predicted molar refractivity (Wildman–Crippen MR) is 89.1 cm³/mol. The largest absolute Gasteiger partial charge is 0.491 e. The quantitative estimate of drug-likeness (QED) is 0.567. The molecule has 1 aromatic rings. The molecule has 0 aliphatic rings. The normalized spacial score (nSPS) is 11.0. The molecule has 22 heavy (non-hydrogen) atoms. The molecule has 5 nitrogen and oxygen atoms in total. The van der Waals surface area contributed by atoms with Crippen LogP contribution in [0.1, 0.15) is 46.5 Å². The van der Waals surface area contributed by atoms with E-state index in [1.807, 2.05) is 45.0 Å². The number of hydrogen-bond donors (Lipinski definition) is 2. The summed E-state index contributed by atoms with van der Waals surface area (Å²) in [5.74, 6) is 0.745. The van der Waals surface area contributed by atoms with Gasteiger partial charge in [0.05, 0.1) is 12.3 Å². The number of benzene rings is 1. The maximum absolute atomic E-state index is 11.4. The molecule has 0 spiro atoms. The van der Waals surface area contributed by atoms with Crippen molar-refractivity contribution in [1.29, 1.82) is 0 Å². The number of para-hydroxylation sites is 2. The fraction of sp³-hybridized carbons (Fsp3) is 0.588. The second-order valence-corrected chi connectivity index (χ2v) is 6.23. The number of rotatable bonds is 8. The van der Waals surface area contributed by atoms with Gasteiger partial charge in [-0.15, -0.1) is 0 Å².